The van der Waals surface area contributed by atoms with Crippen LogP contribution >= 0.6 is 0 Å². The molecule has 1 aromatic heterocycles. The molecule has 0 spiro atoms. The van der Waals surface area contributed by atoms with Gasteiger partial charge in [-0.05, 0) is 19.9 Å². The van der Waals surface area contributed by atoms with E-state index in [1.54, 1.807) is 13.3 Å². The predicted molar refractivity (Wildman–Crippen MR) is 72.0 cm³/mol. The molecule has 0 radical (unpaired) electrons. The van der Waals surface area contributed by atoms with Crippen LogP contribution in [0.5, 0.6) is 0 Å². The van der Waals surface area contributed by atoms with Gasteiger partial charge in [0.25, 0.3) is 0 Å². The summed E-state index contributed by atoms with van der Waals surface area (Å²) >= 11 is 0. The molecule has 1 aliphatic rings. The average molecular weight is 287 g/mol. The Morgan fingerprint density at radius 3 is 3.00 bits per heavy atom. The number of nitrogens with one attached hydrogen (secondary N) is 1. The van der Waals surface area contributed by atoms with Gasteiger partial charge in [0.1, 0.15) is 12.2 Å². The molecule has 1 atom stereocenters. The van der Waals surface area contributed by atoms with E-state index in [-0.39, 0.29) is 0 Å². The van der Waals surface area contributed by atoms with Gasteiger partial charge in [0.05, 0.1) is 11.8 Å². The maximum Gasteiger partial charge on any atom is 0.218 e. The lowest BCUT2D eigenvalue weighted by Crippen LogP contribution is -2.45. The summed E-state index contributed by atoms with van der Waals surface area (Å²) in [4.78, 5) is 0. The SMILES string of the molecule is CCCNCC(C)S(=O)(=O)N1CCn2cnnc2C1. The van der Waals surface area contributed by atoms with Crippen molar-refractivity contribution in [2.45, 2.75) is 38.6 Å². The van der Waals surface area contributed by atoms with Crippen molar-refractivity contribution in [3.63, 3.8) is 0 Å². The third-order valence-corrected chi connectivity index (χ3v) is 5.55. The Labute approximate surface area is 114 Å². The molecule has 1 aliphatic heterocycles. The molecular formula is C11H21N5O2S. The largest absolute Gasteiger partial charge is 0.315 e. The Hall–Kier alpha value is -0.990. The van der Waals surface area contributed by atoms with Crippen molar-refractivity contribution >= 4 is 10.0 Å². The van der Waals surface area contributed by atoms with Gasteiger partial charge in [-0.15, -0.1) is 10.2 Å². The van der Waals surface area contributed by atoms with Crippen LogP contribution in [0.3, 0.4) is 0 Å². The highest BCUT2D eigenvalue weighted by molar-refractivity contribution is 7.89. The van der Waals surface area contributed by atoms with Crippen LogP contribution in [0.4, 0.5) is 0 Å². The minimum absolute atomic E-state index is 0.320. The van der Waals surface area contributed by atoms with Crippen LogP contribution in [0.1, 0.15) is 26.1 Å². The number of hydrogen-bond donors (Lipinski definition) is 1. The molecule has 2 heterocycles. The Balaban J connectivity index is 2.00. The van der Waals surface area contributed by atoms with Gasteiger partial charge >= 0.3 is 0 Å². The van der Waals surface area contributed by atoms with Crippen LogP contribution in [0.2, 0.25) is 0 Å². The van der Waals surface area contributed by atoms with Gasteiger partial charge in [-0.2, -0.15) is 4.31 Å². The highest BCUT2D eigenvalue weighted by Gasteiger charge is 2.31. The smallest absolute Gasteiger partial charge is 0.218 e. The molecular weight excluding hydrogens is 266 g/mol. The summed E-state index contributed by atoms with van der Waals surface area (Å²) in [7, 11) is -3.27. The zero-order valence-corrected chi connectivity index (χ0v) is 12.2. The number of hydrogen-bond acceptors (Lipinski definition) is 5. The zero-order valence-electron chi connectivity index (χ0n) is 11.4. The fourth-order valence-electron chi connectivity index (χ4n) is 2.10. The van der Waals surface area contributed by atoms with Crippen LogP contribution in [0.25, 0.3) is 0 Å². The lowest BCUT2D eigenvalue weighted by molar-refractivity contribution is 0.331. The molecule has 0 bridgehead atoms. The minimum Gasteiger partial charge on any atom is -0.315 e. The summed E-state index contributed by atoms with van der Waals surface area (Å²) in [5, 5.41) is 10.5. The molecule has 0 aliphatic carbocycles. The second-order valence-corrected chi connectivity index (χ2v) is 7.18. The molecule has 1 unspecified atom stereocenters. The quantitative estimate of drug-likeness (QED) is 0.734. The van der Waals surface area contributed by atoms with Crippen LogP contribution in [-0.2, 0) is 23.1 Å². The monoisotopic (exact) mass is 287 g/mol. The Kier molecular flexibility index (Phi) is 4.54. The van der Waals surface area contributed by atoms with Gasteiger partial charge in [0, 0.05) is 19.6 Å². The van der Waals surface area contributed by atoms with E-state index in [0.717, 1.165) is 13.0 Å². The van der Waals surface area contributed by atoms with Crippen molar-refractivity contribution < 1.29 is 8.42 Å². The Bertz CT molecular complexity index is 513. The molecule has 8 heteroatoms. The summed E-state index contributed by atoms with van der Waals surface area (Å²) in [6.07, 6.45) is 2.64. The number of sulfonamides is 1. The highest BCUT2D eigenvalue weighted by atomic mass is 32.2. The van der Waals surface area contributed by atoms with Crippen molar-refractivity contribution in [3.05, 3.63) is 12.2 Å². The Morgan fingerprint density at radius 2 is 2.26 bits per heavy atom. The summed E-state index contributed by atoms with van der Waals surface area (Å²) in [5.41, 5.74) is 0. The van der Waals surface area contributed by atoms with Crippen LogP contribution < -0.4 is 5.32 Å². The summed E-state index contributed by atoms with van der Waals surface area (Å²) < 4.78 is 28.3. The first-order chi connectivity index (χ1) is 9.05. The van der Waals surface area contributed by atoms with E-state index in [1.807, 2.05) is 4.57 Å². The van der Waals surface area contributed by atoms with Crippen molar-refractivity contribution in [1.82, 2.24) is 24.4 Å². The topological polar surface area (TPSA) is 80.1 Å². The predicted octanol–water partition coefficient (Wildman–Crippen LogP) is -0.188. The number of aromatic nitrogens is 3. The van der Waals surface area contributed by atoms with E-state index < -0.39 is 15.3 Å². The van der Waals surface area contributed by atoms with E-state index in [1.165, 1.54) is 4.31 Å². The maximum atomic E-state index is 12.4. The summed E-state index contributed by atoms with van der Waals surface area (Å²) in [5.74, 6) is 0.712. The first-order valence-electron chi connectivity index (χ1n) is 6.62. The molecule has 1 N–H and O–H groups in total. The molecule has 1 aromatic rings. The Morgan fingerprint density at radius 1 is 1.47 bits per heavy atom. The van der Waals surface area contributed by atoms with E-state index in [2.05, 4.69) is 22.4 Å². The van der Waals surface area contributed by atoms with Gasteiger partial charge in [0.2, 0.25) is 10.0 Å². The zero-order chi connectivity index (χ0) is 13.9. The molecule has 0 saturated carbocycles. The van der Waals surface area contributed by atoms with Crippen molar-refractivity contribution in [2.75, 3.05) is 19.6 Å². The van der Waals surface area contributed by atoms with Gasteiger partial charge < -0.3 is 9.88 Å². The van der Waals surface area contributed by atoms with Gasteiger partial charge in [0.15, 0.2) is 0 Å². The van der Waals surface area contributed by atoms with E-state index in [0.29, 0.717) is 32.0 Å². The van der Waals surface area contributed by atoms with Crippen LogP contribution in [0, 0.1) is 0 Å². The number of fused-ring (bicyclic) bond motifs is 1. The molecule has 0 aromatic carbocycles. The maximum absolute atomic E-state index is 12.4. The van der Waals surface area contributed by atoms with Crippen LogP contribution in [-0.4, -0.2) is 52.4 Å². The third-order valence-electron chi connectivity index (χ3n) is 3.33. The van der Waals surface area contributed by atoms with Crippen molar-refractivity contribution in [1.29, 1.82) is 0 Å². The first kappa shape index (κ1) is 14.4. The fraction of sp³-hybridized carbons (Fsp3) is 0.818. The van der Waals surface area contributed by atoms with Gasteiger partial charge in [-0.25, -0.2) is 8.42 Å². The molecule has 0 amide bonds. The first-order valence-corrected chi connectivity index (χ1v) is 8.12. The standard InChI is InChI=1S/C11H21N5O2S/c1-3-4-12-7-10(2)19(17,18)16-6-5-15-9-13-14-11(15)8-16/h9-10,12H,3-8H2,1-2H3. The van der Waals surface area contributed by atoms with E-state index in [9.17, 15) is 8.42 Å². The summed E-state index contributed by atoms with van der Waals surface area (Å²) in [6, 6.07) is 0. The van der Waals surface area contributed by atoms with Crippen molar-refractivity contribution in [3.8, 4) is 0 Å². The second kappa shape index (κ2) is 5.98. The lowest BCUT2D eigenvalue weighted by Gasteiger charge is -2.29. The lowest BCUT2D eigenvalue weighted by atomic mass is 10.4. The van der Waals surface area contributed by atoms with Crippen molar-refractivity contribution in [2.24, 2.45) is 0 Å². The van der Waals surface area contributed by atoms with E-state index in [4.69, 9.17) is 0 Å². The molecule has 0 fully saturated rings. The number of nitrogens with zero attached hydrogens (tertiary/aromatic N) is 4. The summed E-state index contributed by atoms with van der Waals surface area (Å²) in [6.45, 7) is 6.57. The molecule has 108 valence electrons. The van der Waals surface area contributed by atoms with Gasteiger partial charge in [-0.3, -0.25) is 0 Å². The molecule has 0 saturated heterocycles. The highest BCUT2D eigenvalue weighted by Crippen LogP contribution is 2.16. The number of rotatable bonds is 6. The van der Waals surface area contributed by atoms with Gasteiger partial charge in [-0.1, -0.05) is 6.92 Å². The molecule has 19 heavy (non-hydrogen) atoms. The normalized spacial score (nSPS) is 18.2. The molecule has 7 nitrogen and oxygen atoms in total. The van der Waals surface area contributed by atoms with E-state index >= 15 is 0 Å². The second-order valence-electron chi connectivity index (χ2n) is 4.83. The fourth-order valence-corrected chi connectivity index (χ4v) is 3.57. The molecule has 2 rings (SSSR count). The third kappa shape index (κ3) is 3.13. The minimum atomic E-state index is -3.27. The average Bonchev–Trinajstić information content (AvgIpc) is 2.85. The van der Waals surface area contributed by atoms with Crippen LogP contribution in [0.15, 0.2) is 6.33 Å².